The Kier molecular flexibility index (Phi) is 6.08. The second-order valence-electron chi connectivity index (χ2n) is 5.68. The number of hydrogen-bond acceptors (Lipinski definition) is 5. The molecule has 1 N–H and O–H groups in total. The molecule has 1 heterocycles. The van der Waals surface area contributed by atoms with Crippen molar-refractivity contribution in [2.24, 2.45) is 5.10 Å². The number of halogens is 2. The molecule has 7 nitrogen and oxygen atoms in total. The first-order valence-electron chi connectivity index (χ1n) is 8.03. The van der Waals surface area contributed by atoms with Crippen LogP contribution >= 0.6 is 23.2 Å². The Bertz CT molecular complexity index is 1060. The molecule has 142 valence electrons. The van der Waals surface area contributed by atoms with E-state index in [1.807, 2.05) is 0 Å². The van der Waals surface area contributed by atoms with E-state index in [4.69, 9.17) is 27.6 Å². The van der Waals surface area contributed by atoms with Gasteiger partial charge < -0.3 is 4.42 Å². The van der Waals surface area contributed by atoms with Crippen LogP contribution in [0.2, 0.25) is 10.0 Å². The average molecular weight is 418 g/mol. The van der Waals surface area contributed by atoms with Gasteiger partial charge in [0.15, 0.2) is 0 Å². The predicted molar refractivity (Wildman–Crippen MR) is 107 cm³/mol. The molecule has 9 heteroatoms. The molecule has 0 saturated carbocycles. The highest BCUT2D eigenvalue weighted by molar-refractivity contribution is 6.36. The molecule has 3 rings (SSSR count). The summed E-state index contributed by atoms with van der Waals surface area (Å²) < 4.78 is 5.62. The molecule has 0 fully saturated rings. The van der Waals surface area contributed by atoms with Crippen LogP contribution < -0.4 is 5.43 Å². The molecule has 0 bridgehead atoms. The third-order valence-electron chi connectivity index (χ3n) is 3.74. The number of amides is 1. The zero-order valence-electron chi connectivity index (χ0n) is 14.3. The van der Waals surface area contributed by atoms with Crippen LogP contribution in [-0.4, -0.2) is 17.0 Å². The van der Waals surface area contributed by atoms with E-state index in [0.29, 0.717) is 32.7 Å². The van der Waals surface area contributed by atoms with E-state index < -0.39 is 10.8 Å². The molecule has 1 amide bonds. The Balaban J connectivity index is 1.63. The number of nitrogens with zero attached hydrogens (tertiary/aromatic N) is 2. The Morgan fingerprint density at radius 2 is 1.96 bits per heavy atom. The molecule has 0 aliphatic rings. The van der Waals surface area contributed by atoms with Gasteiger partial charge >= 0.3 is 0 Å². The highest BCUT2D eigenvalue weighted by Gasteiger charge is 2.15. The second kappa shape index (κ2) is 8.69. The number of carbonyl (C=O) groups excluding carboxylic acids is 1. The first-order valence-corrected chi connectivity index (χ1v) is 8.79. The summed E-state index contributed by atoms with van der Waals surface area (Å²) in [5.74, 6) is 0.430. The third-order valence-corrected chi connectivity index (χ3v) is 4.29. The molecule has 0 atom stereocenters. The lowest BCUT2D eigenvalue weighted by molar-refractivity contribution is -0.385. The third kappa shape index (κ3) is 4.76. The predicted octanol–water partition coefficient (Wildman–Crippen LogP) is 4.85. The van der Waals surface area contributed by atoms with Crippen LogP contribution in [0.15, 0.2) is 64.1 Å². The van der Waals surface area contributed by atoms with Gasteiger partial charge in [0.05, 0.1) is 22.6 Å². The Morgan fingerprint density at radius 3 is 2.71 bits per heavy atom. The minimum atomic E-state index is -0.530. The van der Waals surface area contributed by atoms with Gasteiger partial charge in [0, 0.05) is 22.2 Å². The van der Waals surface area contributed by atoms with Crippen molar-refractivity contribution in [1.82, 2.24) is 5.43 Å². The van der Waals surface area contributed by atoms with Crippen LogP contribution in [0.5, 0.6) is 0 Å². The van der Waals surface area contributed by atoms with Gasteiger partial charge in [-0.25, -0.2) is 5.43 Å². The van der Waals surface area contributed by atoms with Gasteiger partial charge in [0.1, 0.15) is 11.5 Å². The number of nitrogens with one attached hydrogen (secondary N) is 1. The van der Waals surface area contributed by atoms with Gasteiger partial charge in [-0.05, 0) is 30.3 Å². The fourth-order valence-corrected chi connectivity index (χ4v) is 2.98. The lowest BCUT2D eigenvalue weighted by atomic mass is 10.1. The summed E-state index contributed by atoms with van der Waals surface area (Å²) in [7, 11) is 0. The normalized spacial score (nSPS) is 10.9. The molecule has 0 spiro atoms. The summed E-state index contributed by atoms with van der Waals surface area (Å²) in [5.41, 5.74) is 3.18. The van der Waals surface area contributed by atoms with Crippen molar-refractivity contribution >= 4 is 41.0 Å². The molecule has 2 aromatic carbocycles. The van der Waals surface area contributed by atoms with E-state index in [2.05, 4.69) is 10.5 Å². The standard InChI is InChI=1S/C19H13Cl2N3O4/c20-13-5-7-15(16(21)10-13)18-8-6-14(28-18)11-22-23-19(25)9-12-3-1-2-4-17(12)24(26)27/h1-8,10-11H,9H2,(H,23,25). The highest BCUT2D eigenvalue weighted by atomic mass is 35.5. The molecule has 0 saturated heterocycles. The van der Waals surface area contributed by atoms with Crippen LogP contribution in [0.25, 0.3) is 11.3 Å². The smallest absolute Gasteiger partial charge is 0.273 e. The lowest BCUT2D eigenvalue weighted by Crippen LogP contribution is -2.20. The van der Waals surface area contributed by atoms with Crippen molar-refractivity contribution in [1.29, 1.82) is 0 Å². The molecule has 0 aliphatic heterocycles. The summed E-state index contributed by atoms with van der Waals surface area (Å²) in [6.45, 7) is 0. The first-order chi connectivity index (χ1) is 13.4. The highest BCUT2D eigenvalue weighted by Crippen LogP contribution is 2.31. The number of nitro benzene ring substituents is 1. The first kappa shape index (κ1) is 19.6. The molecule has 0 unspecified atom stereocenters. The maximum atomic E-state index is 12.0. The van der Waals surface area contributed by atoms with Crippen molar-refractivity contribution in [2.45, 2.75) is 6.42 Å². The zero-order chi connectivity index (χ0) is 20.1. The number of furan rings is 1. The molecular formula is C19H13Cl2N3O4. The van der Waals surface area contributed by atoms with Crippen LogP contribution in [0, 0.1) is 10.1 Å². The van der Waals surface area contributed by atoms with Gasteiger partial charge in [-0.15, -0.1) is 0 Å². The summed E-state index contributed by atoms with van der Waals surface area (Å²) in [4.78, 5) is 22.4. The molecule has 28 heavy (non-hydrogen) atoms. The van der Waals surface area contributed by atoms with Crippen molar-refractivity contribution in [2.75, 3.05) is 0 Å². The molecular weight excluding hydrogens is 405 g/mol. The average Bonchev–Trinajstić information content (AvgIpc) is 3.10. The van der Waals surface area contributed by atoms with Gasteiger partial charge in [0.25, 0.3) is 5.69 Å². The van der Waals surface area contributed by atoms with E-state index >= 15 is 0 Å². The van der Waals surface area contributed by atoms with Crippen molar-refractivity contribution in [3.8, 4) is 11.3 Å². The topological polar surface area (TPSA) is 97.7 Å². The number of hydrogen-bond donors (Lipinski definition) is 1. The molecule has 0 aliphatic carbocycles. The zero-order valence-corrected chi connectivity index (χ0v) is 15.8. The van der Waals surface area contributed by atoms with Crippen molar-refractivity contribution in [3.05, 3.63) is 86.1 Å². The van der Waals surface area contributed by atoms with Crippen molar-refractivity contribution in [3.63, 3.8) is 0 Å². The van der Waals surface area contributed by atoms with E-state index in [-0.39, 0.29) is 12.1 Å². The van der Waals surface area contributed by atoms with Crippen LogP contribution in [0.4, 0.5) is 5.69 Å². The monoisotopic (exact) mass is 417 g/mol. The van der Waals surface area contributed by atoms with E-state index in [1.165, 1.54) is 18.3 Å². The number of para-hydroxylation sites is 1. The maximum Gasteiger partial charge on any atom is 0.273 e. The SMILES string of the molecule is O=C(Cc1ccccc1[N+](=O)[O-])NN=Cc1ccc(-c2ccc(Cl)cc2Cl)o1. The molecule has 0 radical (unpaired) electrons. The number of carbonyl (C=O) groups is 1. The van der Waals surface area contributed by atoms with Crippen LogP contribution in [0.1, 0.15) is 11.3 Å². The van der Waals surface area contributed by atoms with E-state index in [9.17, 15) is 14.9 Å². The fourth-order valence-electron chi connectivity index (χ4n) is 2.48. The quantitative estimate of drug-likeness (QED) is 0.351. The Labute approximate surface area is 169 Å². The number of hydrazone groups is 1. The fraction of sp³-hybridized carbons (Fsp3) is 0.0526. The number of rotatable bonds is 6. The largest absolute Gasteiger partial charge is 0.455 e. The Morgan fingerprint density at radius 1 is 1.18 bits per heavy atom. The summed E-state index contributed by atoms with van der Waals surface area (Å²) in [6, 6.07) is 14.5. The lowest BCUT2D eigenvalue weighted by Gasteiger charge is -2.02. The summed E-state index contributed by atoms with van der Waals surface area (Å²) >= 11 is 12.0. The van der Waals surface area contributed by atoms with Crippen molar-refractivity contribution < 1.29 is 14.1 Å². The number of benzene rings is 2. The van der Waals surface area contributed by atoms with Gasteiger partial charge in [-0.3, -0.25) is 14.9 Å². The Hall–Kier alpha value is -3.16. The summed E-state index contributed by atoms with van der Waals surface area (Å²) in [5, 5.41) is 15.8. The van der Waals surface area contributed by atoms with Crippen LogP contribution in [-0.2, 0) is 11.2 Å². The molecule has 3 aromatic rings. The van der Waals surface area contributed by atoms with Gasteiger partial charge in [-0.2, -0.15) is 5.10 Å². The van der Waals surface area contributed by atoms with Gasteiger partial charge in [-0.1, -0.05) is 41.4 Å². The minimum Gasteiger partial charge on any atom is -0.455 e. The second-order valence-corrected chi connectivity index (χ2v) is 6.53. The number of nitro groups is 1. The van der Waals surface area contributed by atoms with Gasteiger partial charge in [0.2, 0.25) is 5.91 Å². The van der Waals surface area contributed by atoms with E-state index in [0.717, 1.165) is 0 Å². The molecule has 1 aromatic heterocycles. The minimum absolute atomic E-state index is 0.114. The summed E-state index contributed by atoms with van der Waals surface area (Å²) in [6.07, 6.45) is 1.16. The van der Waals surface area contributed by atoms with Crippen LogP contribution in [0.3, 0.4) is 0 Å². The van der Waals surface area contributed by atoms with E-state index in [1.54, 1.807) is 42.5 Å². The maximum absolute atomic E-state index is 12.0.